The fourth-order valence-electron chi connectivity index (χ4n) is 2.07. The van der Waals surface area contributed by atoms with E-state index in [2.05, 4.69) is 6.92 Å². The minimum Gasteiger partial charge on any atom is -0.295 e. The van der Waals surface area contributed by atoms with Crippen LogP contribution < -0.4 is 0 Å². The van der Waals surface area contributed by atoms with Crippen molar-refractivity contribution in [2.45, 2.75) is 32.6 Å². The Balaban J connectivity index is 2.67. The van der Waals surface area contributed by atoms with Crippen LogP contribution in [0.5, 0.6) is 0 Å². The number of nitriles is 1. The highest BCUT2D eigenvalue weighted by Gasteiger charge is 2.16. The Labute approximate surface area is 124 Å². The molecule has 1 rings (SSSR count). The molecular formula is C16H20F2N2O. The van der Waals surface area contributed by atoms with Gasteiger partial charge < -0.3 is 0 Å². The Hall–Kier alpha value is -1.80. The van der Waals surface area contributed by atoms with Gasteiger partial charge in [-0.15, -0.1) is 0 Å². The lowest BCUT2D eigenvalue weighted by molar-refractivity contribution is 0.0926. The van der Waals surface area contributed by atoms with Crippen LogP contribution in [0.25, 0.3) is 0 Å². The maximum absolute atomic E-state index is 13.6. The van der Waals surface area contributed by atoms with Crippen molar-refractivity contribution in [2.75, 3.05) is 19.6 Å². The maximum atomic E-state index is 13.6. The highest BCUT2D eigenvalue weighted by atomic mass is 19.1. The number of Topliss-reactive ketones (excluding diaryl/α,β-unsaturated/α-hetero) is 1. The first-order chi connectivity index (χ1) is 10.1. The van der Waals surface area contributed by atoms with Gasteiger partial charge in [0.05, 0.1) is 18.2 Å². The zero-order chi connectivity index (χ0) is 15.7. The molecule has 0 aliphatic rings. The van der Waals surface area contributed by atoms with Crippen LogP contribution in [-0.4, -0.2) is 30.3 Å². The van der Waals surface area contributed by atoms with Gasteiger partial charge in [-0.25, -0.2) is 8.78 Å². The Kier molecular flexibility index (Phi) is 7.55. The van der Waals surface area contributed by atoms with Crippen molar-refractivity contribution in [3.8, 4) is 6.07 Å². The number of nitrogens with zero attached hydrogens (tertiary/aromatic N) is 2. The molecule has 0 aromatic heterocycles. The third-order valence-corrected chi connectivity index (χ3v) is 3.22. The average molecular weight is 294 g/mol. The summed E-state index contributed by atoms with van der Waals surface area (Å²) in [6.07, 6.45) is 3.36. The highest BCUT2D eigenvalue weighted by Crippen LogP contribution is 2.11. The van der Waals surface area contributed by atoms with Crippen LogP contribution in [0.4, 0.5) is 8.78 Å². The molecule has 0 atom stereocenters. The molecule has 0 bridgehead atoms. The zero-order valence-electron chi connectivity index (χ0n) is 12.2. The normalized spacial score (nSPS) is 10.6. The SMILES string of the molecule is CCCCCN(CCC#N)CC(=O)c1ccc(F)cc1F. The number of ketones is 1. The third kappa shape index (κ3) is 6.01. The monoisotopic (exact) mass is 294 g/mol. The zero-order valence-corrected chi connectivity index (χ0v) is 12.2. The number of halogens is 2. The molecule has 0 heterocycles. The molecule has 0 unspecified atom stereocenters. The van der Waals surface area contributed by atoms with Gasteiger partial charge in [0.1, 0.15) is 11.6 Å². The number of hydrogen-bond donors (Lipinski definition) is 0. The first-order valence-corrected chi connectivity index (χ1v) is 7.16. The van der Waals surface area contributed by atoms with Crippen LogP contribution in [0.3, 0.4) is 0 Å². The largest absolute Gasteiger partial charge is 0.295 e. The van der Waals surface area contributed by atoms with Gasteiger partial charge in [-0.1, -0.05) is 19.8 Å². The van der Waals surface area contributed by atoms with Gasteiger partial charge in [-0.05, 0) is 25.1 Å². The molecule has 1 aromatic rings. The number of hydrogen-bond acceptors (Lipinski definition) is 3. The summed E-state index contributed by atoms with van der Waals surface area (Å²) in [4.78, 5) is 13.9. The molecule has 0 amide bonds. The van der Waals surface area contributed by atoms with Crippen LogP contribution in [0.2, 0.25) is 0 Å². The van der Waals surface area contributed by atoms with E-state index in [9.17, 15) is 13.6 Å². The molecule has 0 aliphatic heterocycles. The first-order valence-electron chi connectivity index (χ1n) is 7.16. The quantitative estimate of drug-likeness (QED) is 0.517. The summed E-state index contributed by atoms with van der Waals surface area (Å²) in [6.45, 7) is 3.31. The standard InChI is InChI=1S/C16H20F2N2O/c1-2-3-4-9-20(10-5-8-19)12-16(21)14-7-6-13(17)11-15(14)18/h6-7,11H,2-5,9-10,12H2,1H3. The number of benzene rings is 1. The Morgan fingerprint density at radius 3 is 2.67 bits per heavy atom. The lowest BCUT2D eigenvalue weighted by atomic mass is 10.1. The van der Waals surface area contributed by atoms with Crippen LogP contribution in [0.15, 0.2) is 18.2 Å². The molecule has 0 radical (unpaired) electrons. The molecule has 114 valence electrons. The van der Waals surface area contributed by atoms with Crippen LogP contribution >= 0.6 is 0 Å². The van der Waals surface area contributed by atoms with Gasteiger partial charge in [-0.2, -0.15) is 5.26 Å². The van der Waals surface area contributed by atoms with Gasteiger partial charge >= 0.3 is 0 Å². The third-order valence-electron chi connectivity index (χ3n) is 3.22. The molecular weight excluding hydrogens is 274 g/mol. The average Bonchev–Trinajstić information content (AvgIpc) is 2.44. The molecule has 0 N–H and O–H groups in total. The van der Waals surface area contributed by atoms with Crippen molar-refractivity contribution in [3.63, 3.8) is 0 Å². The lowest BCUT2D eigenvalue weighted by Gasteiger charge is -2.20. The van der Waals surface area contributed by atoms with Gasteiger partial charge in [0.25, 0.3) is 0 Å². The Bertz CT molecular complexity index is 511. The number of carbonyl (C=O) groups excluding carboxylic acids is 1. The minimum absolute atomic E-state index is 0.0496. The summed E-state index contributed by atoms with van der Waals surface area (Å²) in [5, 5.41) is 8.65. The Morgan fingerprint density at radius 2 is 2.05 bits per heavy atom. The summed E-state index contributed by atoms with van der Waals surface area (Å²) in [7, 11) is 0. The number of rotatable bonds is 9. The summed E-state index contributed by atoms with van der Waals surface area (Å²) in [6, 6.07) is 5.00. The van der Waals surface area contributed by atoms with Gasteiger partial charge in [0.15, 0.2) is 5.78 Å². The molecule has 0 spiro atoms. The second kappa shape index (κ2) is 9.19. The second-order valence-electron chi connectivity index (χ2n) is 4.94. The topological polar surface area (TPSA) is 44.1 Å². The molecule has 0 fully saturated rings. The first kappa shape index (κ1) is 17.3. The van der Waals surface area contributed by atoms with E-state index in [4.69, 9.17) is 5.26 Å². The van der Waals surface area contributed by atoms with Gasteiger partial charge in [0.2, 0.25) is 0 Å². The van der Waals surface area contributed by atoms with E-state index in [-0.39, 0.29) is 17.9 Å². The molecule has 21 heavy (non-hydrogen) atoms. The molecule has 0 saturated carbocycles. The van der Waals surface area contributed by atoms with Gasteiger partial charge in [0, 0.05) is 19.0 Å². The fourth-order valence-corrected chi connectivity index (χ4v) is 2.07. The van der Waals surface area contributed by atoms with Crippen LogP contribution in [0.1, 0.15) is 43.0 Å². The van der Waals surface area contributed by atoms with Crippen LogP contribution in [0, 0.1) is 23.0 Å². The van der Waals surface area contributed by atoms with E-state index in [0.29, 0.717) is 25.6 Å². The smallest absolute Gasteiger partial charge is 0.179 e. The number of unbranched alkanes of at least 4 members (excludes halogenated alkanes) is 2. The van der Waals surface area contributed by atoms with E-state index in [1.165, 1.54) is 6.07 Å². The minimum atomic E-state index is -0.839. The van der Waals surface area contributed by atoms with E-state index < -0.39 is 11.6 Å². The predicted molar refractivity (Wildman–Crippen MR) is 76.9 cm³/mol. The molecule has 3 nitrogen and oxygen atoms in total. The summed E-state index contributed by atoms with van der Waals surface area (Å²) < 4.78 is 26.4. The fraction of sp³-hybridized carbons (Fsp3) is 0.500. The molecule has 1 aromatic carbocycles. The van der Waals surface area contributed by atoms with Crippen LogP contribution in [-0.2, 0) is 0 Å². The van der Waals surface area contributed by atoms with Crippen molar-refractivity contribution in [3.05, 3.63) is 35.4 Å². The van der Waals surface area contributed by atoms with E-state index in [1.807, 2.05) is 11.0 Å². The second-order valence-corrected chi connectivity index (χ2v) is 4.94. The van der Waals surface area contributed by atoms with E-state index >= 15 is 0 Å². The maximum Gasteiger partial charge on any atom is 0.179 e. The van der Waals surface area contributed by atoms with Crippen molar-refractivity contribution in [2.24, 2.45) is 0 Å². The highest BCUT2D eigenvalue weighted by molar-refractivity contribution is 5.97. The van der Waals surface area contributed by atoms with E-state index in [0.717, 1.165) is 25.3 Å². The number of carbonyl (C=O) groups is 1. The van der Waals surface area contributed by atoms with Crippen molar-refractivity contribution < 1.29 is 13.6 Å². The van der Waals surface area contributed by atoms with Crippen molar-refractivity contribution in [1.82, 2.24) is 4.90 Å². The Morgan fingerprint density at radius 1 is 1.29 bits per heavy atom. The van der Waals surface area contributed by atoms with Crippen molar-refractivity contribution >= 4 is 5.78 Å². The molecule has 0 aliphatic carbocycles. The summed E-state index contributed by atoms with van der Waals surface area (Å²) >= 11 is 0. The van der Waals surface area contributed by atoms with Gasteiger partial charge in [-0.3, -0.25) is 9.69 Å². The summed E-state index contributed by atoms with van der Waals surface area (Å²) in [5.41, 5.74) is -0.103. The summed E-state index contributed by atoms with van der Waals surface area (Å²) in [5.74, 6) is -1.93. The molecule has 5 heteroatoms. The lowest BCUT2D eigenvalue weighted by Crippen LogP contribution is -2.32. The molecule has 0 saturated heterocycles. The van der Waals surface area contributed by atoms with Crippen molar-refractivity contribution in [1.29, 1.82) is 5.26 Å². The van der Waals surface area contributed by atoms with E-state index in [1.54, 1.807) is 0 Å². The predicted octanol–water partition coefficient (Wildman–Crippen LogP) is 3.55.